The molecule has 2 aliphatic rings. The number of hydrogen-bond donors (Lipinski definition) is 1. The molecular weight excluding hydrogens is 291 g/mol. The van der Waals surface area contributed by atoms with Gasteiger partial charge in [-0.2, -0.15) is 0 Å². The molecule has 3 rings (SSSR count). The zero-order chi connectivity index (χ0) is 13.9. The molecule has 0 bridgehead atoms. The lowest BCUT2D eigenvalue weighted by Crippen LogP contribution is -2.46. The van der Waals surface area contributed by atoms with E-state index < -0.39 is 0 Å². The summed E-state index contributed by atoms with van der Waals surface area (Å²) in [5.74, 6) is 0.769. The Labute approximate surface area is 131 Å². The standard InChI is InChI=1S/C16H22Cl2N2/c17-14-6-5-13(11-15(14)18)16(12-3-1-2-4-12)20-9-7-19-8-10-20/h5-6,11-12,16,19H,1-4,7-10H2/t16-/m0/s1. The van der Waals surface area contributed by atoms with Crippen molar-refractivity contribution in [3.8, 4) is 0 Å². The molecule has 0 radical (unpaired) electrons. The van der Waals surface area contributed by atoms with Crippen LogP contribution in [0.15, 0.2) is 18.2 Å². The Balaban J connectivity index is 1.88. The molecule has 0 spiro atoms. The van der Waals surface area contributed by atoms with Crippen molar-refractivity contribution in [3.05, 3.63) is 33.8 Å². The molecule has 1 atom stereocenters. The predicted molar refractivity (Wildman–Crippen MR) is 85.6 cm³/mol. The second-order valence-electron chi connectivity index (χ2n) is 5.95. The van der Waals surface area contributed by atoms with E-state index in [4.69, 9.17) is 23.2 Å². The molecule has 1 saturated heterocycles. The van der Waals surface area contributed by atoms with E-state index in [9.17, 15) is 0 Å². The van der Waals surface area contributed by atoms with E-state index in [0.29, 0.717) is 16.1 Å². The van der Waals surface area contributed by atoms with Crippen molar-refractivity contribution in [2.24, 2.45) is 5.92 Å². The second-order valence-corrected chi connectivity index (χ2v) is 6.76. The van der Waals surface area contributed by atoms with Gasteiger partial charge in [-0.05, 0) is 36.5 Å². The highest BCUT2D eigenvalue weighted by Gasteiger charge is 2.32. The number of hydrogen-bond acceptors (Lipinski definition) is 2. The zero-order valence-electron chi connectivity index (χ0n) is 11.7. The zero-order valence-corrected chi connectivity index (χ0v) is 13.3. The van der Waals surface area contributed by atoms with Crippen molar-refractivity contribution in [2.45, 2.75) is 31.7 Å². The van der Waals surface area contributed by atoms with Crippen molar-refractivity contribution in [1.82, 2.24) is 10.2 Å². The molecule has 1 N–H and O–H groups in total. The molecule has 4 heteroatoms. The van der Waals surface area contributed by atoms with Crippen molar-refractivity contribution in [3.63, 3.8) is 0 Å². The van der Waals surface area contributed by atoms with Crippen LogP contribution in [-0.2, 0) is 0 Å². The second kappa shape index (κ2) is 6.65. The summed E-state index contributed by atoms with van der Waals surface area (Å²) in [6, 6.07) is 6.70. The number of benzene rings is 1. The van der Waals surface area contributed by atoms with Gasteiger partial charge in [0.25, 0.3) is 0 Å². The van der Waals surface area contributed by atoms with Crippen molar-refractivity contribution in [1.29, 1.82) is 0 Å². The van der Waals surface area contributed by atoms with Crippen molar-refractivity contribution >= 4 is 23.2 Å². The highest BCUT2D eigenvalue weighted by molar-refractivity contribution is 6.42. The van der Waals surface area contributed by atoms with Crippen molar-refractivity contribution < 1.29 is 0 Å². The van der Waals surface area contributed by atoms with Crippen LogP contribution in [0.4, 0.5) is 0 Å². The van der Waals surface area contributed by atoms with Gasteiger partial charge in [0, 0.05) is 32.2 Å². The van der Waals surface area contributed by atoms with E-state index in [2.05, 4.69) is 22.3 Å². The number of rotatable bonds is 3. The van der Waals surface area contributed by atoms with Crippen LogP contribution in [0.3, 0.4) is 0 Å². The Kier molecular flexibility index (Phi) is 4.87. The minimum absolute atomic E-state index is 0.509. The smallest absolute Gasteiger partial charge is 0.0595 e. The summed E-state index contributed by atoms with van der Waals surface area (Å²) < 4.78 is 0. The fraction of sp³-hybridized carbons (Fsp3) is 0.625. The summed E-state index contributed by atoms with van der Waals surface area (Å²) in [4.78, 5) is 2.63. The van der Waals surface area contributed by atoms with Gasteiger partial charge < -0.3 is 5.32 Å². The van der Waals surface area contributed by atoms with Gasteiger partial charge in [0.05, 0.1) is 10.0 Å². The van der Waals surface area contributed by atoms with Crippen LogP contribution in [0.2, 0.25) is 10.0 Å². The fourth-order valence-corrected chi connectivity index (χ4v) is 4.02. The Morgan fingerprint density at radius 3 is 2.40 bits per heavy atom. The minimum Gasteiger partial charge on any atom is -0.314 e. The van der Waals surface area contributed by atoms with Crippen LogP contribution in [0, 0.1) is 5.92 Å². The molecule has 110 valence electrons. The molecular formula is C16H22Cl2N2. The van der Waals surface area contributed by atoms with E-state index in [1.807, 2.05) is 6.07 Å². The molecule has 0 aromatic heterocycles. The lowest BCUT2D eigenvalue weighted by Gasteiger charge is -2.38. The highest BCUT2D eigenvalue weighted by atomic mass is 35.5. The molecule has 1 aliphatic carbocycles. The van der Waals surface area contributed by atoms with E-state index >= 15 is 0 Å². The third-order valence-corrected chi connectivity index (χ3v) is 5.42. The first-order valence-corrected chi connectivity index (χ1v) is 8.41. The SMILES string of the molecule is Clc1ccc([C@H](C2CCCC2)N2CCNCC2)cc1Cl. The number of nitrogens with zero attached hydrogens (tertiary/aromatic N) is 1. The van der Waals surface area contributed by atoms with Gasteiger partial charge >= 0.3 is 0 Å². The first-order chi connectivity index (χ1) is 9.75. The van der Waals surface area contributed by atoms with Gasteiger partial charge in [0.1, 0.15) is 0 Å². The summed E-state index contributed by atoms with van der Waals surface area (Å²) in [5.41, 5.74) is 1.34. The summed E-state index contributed by atoms with van der Waals surface area (Å²) in [6.07, 6.45) is 5.42. The molecule has 1 heterocycles. The summed E-state index contributed by atoms with van der Waals surface area (Å²) in [6.45, 7) is 4.43. The van der Waals surface area contributed by atoms with Gasteiger partial charge in [-0.1, -0.05) is 42.1 Å². The maximum absolute atomic E-state index is 6.24. The van der Waals surface area contributed by atoms with Gasteiger partial charge in [0.15, 0.2) is 0 Å². The molecule has 1 aromatic rings. The van der Waals surface area contributed by atoms with Gasteiger partial charge in [0.2, 0.25) is 0 Å². The summed E-state index contributed by atoms with van der Waals surface area (Å²) >= 11 is 12.3. The van der Waals surface area contributed by atoms with Crippen LogP contribution >= 0.6 is 23.2 Å². The van der Waals surface area contributed by atoms with E-state index in [0.717, 1.165) is 32.1 Å². The average molecular weight is 313 g/mol. The van der Waals surface area contributed by atoms with E-state index in [1.165, 1.54) is 31.2 Å². The summed E-state index contributed by atoms with van der Waals surface area (Å²) in [5, 5.41) is 4.78. The number of nitrogens with one attached hydrogen (secondary N) is 1. The third-order valence-electron chi connectivity index (χ3n) is 4.68. The first kappa shape index (κ1) is 14.6. The van der Waals surface area contributed by atoms with E-state index in [-0.39, 0.29) is 0 Å². The third kappa shape index (κ3) is 3.14. The van der Waals surface area contributed by atoms with Crippen LogP contribution < -0.4 is 5.32 Å². The average Bonchev–Trinajstić information content (AvgIpc) is 2.98. The Hall–Kier alpha value is -0.280. The lowest BCUT2D eigenvalue weighted by atomic mass is 9.90. The highest BCUT2D eigenvalue weighted by Crippen LogP contribution is 2.40. The fourth-order valence-electron chi connectivity index (χ4n) is 3.71. The molecule has 1 aliphatic heterocycles. The lowest BCUT2D eigenvalue weighted by molar-refractivity contribution is 0.125. The molecule has 1 saturated carbocycles. The largest absolute Gasteiger partial charge is 0.314 e. The normalized spacial score (nSPS) is 23.1. The summed E-state index contributed by atoms with van der Waals surface area (Å²) in [7, 11) is 0. The Bertz CT molecular complexity index is 452. The Morgan fingerprint density at radius 1 is 1.05 bits per heavy atom. The van der Waals surface area contributed by atoms with Crippen molar-refractivity contribution in [2.75, 3.05) is 26.2 Å². The van der Waals surface area contributed by atoms with Gasteiger partial charge in [-0.25, -0.2) is 0 Å². The number of halogens is 2. The molecule has 2 nitrogen and oxygen atoms in total. The van der Waals surface area contributed by atoms with Gasteiger partial charge in [-0.3, -0.25) is 4.90 Å². The molecule has 0 amide bonds. The molecule has 0 unspecified atom stereocenters. The predicted octanol–water partition coefficient (Wildman–Crippen LogP) is 4.13. The first-order valence-electron chi connectivity index (χ1n) is 7.65. The van der Waals surface area contributed by atoms with Crippen LogP contribution in [-0.4, -0.2) is 31.1 Å². The molecule has 20 heavy (non-hydrogen) atoms. The number of piperazine rings is 1. The quantitative estimate of drug-likeness (QED) is 0.902. The molecule has 2 fully saturated rings. The maximum atomic E-state index is 6.24. The molecule has 1 aromatic carbocycles. The Morgan fingerprint density at radius 2 is 1.75 bits per heavy atom. The van der Waals surface area contributed by atoms with Crippen LogP contribution in [0.25, 0.3) is 0 Å². The van der Waals surface area contributed by atoms with Crippen LogP contribution in [0.5, 0.6) is 0 Å². The maximum Gasteiger partial charge on any atom is 0.0595 e. The van der Waals surface area contributed by atoms with E-state index in [1.54, 1.807) is 0 Å². The minimum atomic E-state index is 0.509. The monoisotopic (exact) mass is 312 g/mol. The topological polar surface area (TPSA) is 15.3 Å². The van der Waals surface area contributed by atoms with Gasteiger partial charge in [-0.15, -0.1) is 0 Å². The van der Waals surface area contributed by atoms with Crippen LogP contribution in [0.1, 0.15) is 37.3 Å².